The first-order valence-electron chi connectivity index (χ1n) is 5.46. The van der Waals surface area contributed by atoms with E-state index in [0.29, 0.717) is 5.56 Å². The molecular formula is C12H15NO3. The predicted octanol–water partition coefficient (Wildman–Crippen LogP) is 1.91. The lowest BCUT2D eigenvalue weighted by Gasteiger charge is -2.18. The molecule has 16 heavy (non-hydrogen) atoms. The van der Waals surface area contributed by atoms with Gasteiger partial charge in [0.2, 0.25) is 6.29 Å². The number of nitrogens with zero attached hydrogens (tertiary/aromatic N) is 1. The smallest absolute Gasteiger partial charge is 0.412 e. The molecule has 0 aliphatic carbocycles. The quantitative estimate of drug-likeness (QED) is 0.776. The fourth-order valence-corrected chi connectivity index (χ4v) is 1.76. The summed E-state index contributed by atoms with van der Waals surface area (Å²) >= 11 is 0. The van der Waals surface area contributed by atoms with Crippen molar-refractivity contribution >= 4 is 6.09 Å². The Kier molecular flexibility index (Phi) is 3.41. The summed E-state index contributed by atoms with van der Waals surface area (Å²) in [4.78, 5) is 13.2. The van der Waals surface area contributed by atoms with Crippen LogP contribution in [0.2, 0.25) is 0 Å². The zero-order valence-corrected chi connectivity index (χ0v) is 9.00. The van der Waals surface area contributed by atoms with E-state index in [1.165, 1.54) is 0 Å². The Balaban J connectivity index is 1.92. The standard InChI is InChI=1S/C12H15NO3/c14-11(10-6-2-1-3-7-10)16-12(15)13-8-4-5-9-13/h1-3,6-7,11,14H,4-5,8-9H2. The van der Waals surface area contributed by atoms with E-state index in [-0.39, 0.29) is 0 Å². The minimum absolute atomic E-state index is 0.436. The first-order valence-corrected chi connectivity index (χ1v) is 5.46. The van der Waals surface area contributed by atoms with Gasteiger partial charge < -0.3 is 14.7 Å². The van der Waals surface area contributed by atoms with Crippen molar-refractivity contribution < 1.29 is 14.6 Å². The molecule has 1 N–H and O–H groups in total. The fourth-order valence-electron chi connectivity index (χ4n) is 1.76. The molecular weight excluding hydrogens is 206 g/mol. The largest absolute Gasteiger partial charge is 0.415 e. The van der Waals surface area contributed by atoms with Gasteiger partial charge in [-0.05, 0) is 12.8 Å². The monoisotopic (exact) mass is 221 g/mol. The van der Waals surface area contributed by atoms with Crippen molar-refractivity contribution in [1.82, 2.24) is 4.90 Å². The van der Waals surface area contributed by atoms with Crippen LogP contribution in [0.15, 0.2) is 30.3 Å². The van der Waals surface area contributed by atoms with Crippen molar-refractivity contribution in [2.75, 3.05) is 13.1 Å². The Morgan fingerprint density at radius 2 is 1.88 bits per heavy atom. The lowest BCUT2D eigenvalue weighted by molar-refractivity contribution is -0.0652. The average Bonchev–Trinajstić information content (AvgIpc) is 2.83. The van der Waals surface area contributed by atoms with Crippen LogP contribution in [0, 0.1) is 0 Å². The number of likely N-dealkylation sites (tertiary alicyclic amines) is 1. The number of benzene rings is 1. The maximum absolute atomic E-state index is 11.6. The molecule has 0 bridgehead atoms. The van der Waals surface area contributed by atoms with E-state index in [9.17, 15) is 9.90 Å². The molecule has 1 aromatic carbocycles. The summed E-state index contributed by atoms with van der Waals surface area (Å²) in [5.41, 5.74) is 0.593. The average molecular weight is 221 g/mol. The molecule has 4 heteroatoms. The fraction of sp³-hybridized carbons (Fsp3) is 0.417. The maximum Gasteiger partial charge on any atom is 0.412 e. The second kappa shape index (κ2) is 4.99. The second-order valence-corrected chi connectivity index (χ2v) is 3.84. The highest BCUT2D eigenvalue weighted by molar-refractivity contribution is 5.68. The summed E-state index contributed by atoms with van der Waals surface area (Å²) in [5, 5.41) is 9.68. The Labute approximate surface area is 94.4 Å². The molecule has 1 aromatic rings. The van der Waals surface area contributed by atoms with Crippen LogP contribution in [0.1, 0.15) is 24.7 Å². The molecule has 1 unspecified atom stereocenters. The summed E-state index contributed by atoms with van der Waals surface area (Å²) in [6.45, 7) is 1.45. The number of carbonyl (C=O) groups is 1. The van der Waals surface area contributed by atoms with E-state index in [4.69, 9.17) is 4.74 Å². The van der Waals surface area contributed by atoms with Gasteiger partial charge >= 0.3 is 6.09 Å². The highest BCUT2D eigenvalue weighted by atomic mass is 16.6. The third-order valence-corrected chi connectivity index (χ3v) is 2.66. The van der Waals surface area contributed by atoms with Gasteiger partial charge in [0, 0.05) is 18.7 Å². The van der Waals surface area contributed by atoms with E-state index >= 15 is 0 Å². The third-order valence-electron chi connectivity index (χ3n) is 2.66. The van der Waals surface area contributed by atoms with E-state index in [2.05, 4.69) is 0 Å². The van der Waals surface area contributed by atoms with Crippen LogP contribution in [-0.2, 0) is 4.74 Å². The van der Waals surface area contributed by atoms with Gasteiger partial charge in [0.15, 0.2) is 0 Å². The number of aliphatic hydroxyl groups excluding tert-OH is 1. The first kappa shape index (κ1) is 11.0. The third kappa shape index (κ3) is 2.52. The SMILES string of the molecule is O=C(OC(O)c1ccccc1)N1CCCC1. The molecule has 1 aliphatic rings. The zero-order valence-electron chi connectivity index (χ0n) is 9.00. The van der Waals surface area contributed by atoms with Gasteiger partial charge in [-0.25, -0.2) is 4.79 Å². The Hall–Kier alpha value is -1.55. The molecule has 0 spiro atoms. The molecule has 4 nitrogen and oxygen atoms in total. The molecule has 2 rings (SSSR count). The lowest BCUT2D eigenvalue weighted by atomic mass is 10.2. The van der Waals surface area contributed by atoms with Crippen LogP contribution in [0.25, 0.3) is 0 Å². The maximum atomic E-state index is 11.6. The molecule has 0 aromatic heterocycles. The molecule has 1 atom stereocenters. The number of amides is 1. The summed E-state index contributed by atoms with van der Waals surface area (Å²) in [6, 6.07) is 8.88. The van der Waals surface area contributed by atoms with Crippen LogP contribution in [0.5, 0.6) is 0 Å². The molecule has 1 aliphatic heterocycles. The minimum Gasteiger partial charge on any atom is -0.415 e. The number of ether oxygens (including phenoxy) is 1. The van der Waals surface area contributed by atoms with E-state index in [1.54, 1.807) is 29.2 Å². The van der Waals surface area contributed by atoms with Gasteiger partial charge in [0.05, 0.1) is 0 Å². The van der Waals surface area contributed by atoms with Crippen molar-refractivity contribution in [2.24, 2.45) is 0 Å². The van der Waals surface area contributed by atoms with Crippen molar-refractivity contribution in [2.45, 2.75) is 19.1 Å². The Morgan fingerprint density at radius 1 is 1.25 bits per heavy atom. The second-order valence-electron chi connectivity index (χ2n) is 3.84. The van der Waals surface area contributed by atoms with Crippen molar-refractivity contribution in [3.8, 4) is 0 Å². The van der Waals surface area contributed by atoms with Crippen molar-refractivity contribution in [3.05, 3.63) is 35.9 Å². The molecule has 0 radical (unpaired) electrons. The van der Waals surface area contributed by atoms with Crippen LogP contribution >= 0.6 is 0 Å². The van der Waals surface area contributed by atoms with Gasteiger partial charge in [-0.1, -0.05) is 30.3 Å². The van der Waals surface area contributed by atoms with Crippen LogP contribution in [0.3, 0.4) is 0 Å². The number of aliphatic hydroxyl groups is 1. The van der Waals surface area contributed by atoms with Crippen molar-refractivity contribution in [1.29, 1.82) is 0 Å². The molecule has 1 fully saturated rings. The Bertz CT molecular complexity index is 347. The molecule has 1 saturated heterocycles. The zero-order chi connectivity index (χ0) is 11.4. The first-order chi connectivity index (χ1) is 7.77. The molecule has 1 heterocycles. The summed E-state index contributed by atoms with van der Waals surface area (Å²) in [7, 11) is 0. The topological polar surface area (TPSA) is 49.8 Å². The predicted molar refractivity (Wildman–Crippen MR) is 58.7 cm³/mol. The van der Waals surface area contributed by atoms with Gasteiger partial charge in [0.1, 0.15) is 0 Å². The summed E-state index contributed by atoms with van der Waals surface area (Å²) in [5.74, 6) is 0. The minimum atomic E-state index is -1.17. The highest BCUT2D eigenvalue weighted by Crippen LogP contribution is 2.17. The number of hydrogen-bond donors (Lipinski definition) is 1. The lowest BCUT2D eigenvalue weighted by Crippen LogP contribution is -2.29. The summed E-state index contributed by atoms with van der Waals surface area (Å²) < 4.78 is 4.96. The van der Waals surface area contributed by atoms with Gasteiger partial charge in [-0.3, -0.25) is 0 Å². The molecule has 86 valence electrons. The van der Waals surface area contributed by atoms with Crippen LogP contribution < -0.4 is 0 Å². The van der Waals surface area contributed by atoms with E-state index in [0.717, 1.165) is 25.9 Å². The van der Waals surface area contributed by atoms with E-state index in [1.807, 2.05) is 6.07 Å². The number of carbonyl (C=O) groups excluding carboxylic acids is 1. The van der Waals surface area contributed by atoms with Gasteiger partial charge in [0.25, 0.3) is 0 Å². The Morgan fingerprint density at radius 3 is 2.50 bits per heavy atom. The molecule has 0 saturated carbocycles. The van der Waals surface area contributed by atoms with E-state index < -0.39 is 12.4 Å². The summed E-state index contributed by atoms with van der Waals surface area (Å²) in [6.07, 6.45) is 0.413. The normalized spacial score (nSPS) is 17.2. The van der Waals surface area contributed by atoms with Gasteiger partial charge in [-0.2, -0.15) is 0 Å². The van der Waals surface area contributed by atoms with Crippen molar-refractivity contribution in [3.63, 3.8) is 0 Å². The molecule has 1 amide bonds. The number of hydrogen-bond acceptors (Lipinski definition) is 3. The highest BCUT2D eigenvalue weighted by Gasteiger charge is 2.22. The van der Waals surface area contributed by atoms with Crippen LogP contribution in [-0.4, -0.2) is 29.2 Å². The van der Waals surface area contributed by atoms with Crippen LogP contribution in [0.4, 0.5) is 4.79 Å². The number of rotatable bonds is 2. The van der Waals surface area contributed by atoms with Gasteiger partial charge in [-0.15, -0.1) is 0 Å².